The number of alkyl halides is 3. The highest BCUT2D eigenvalue weighted by Gasteiger charge is 2.32. The van der Waals surface area contributed by atoms with Crippen LogP contribution in [-0.2, 0) is 6.18 Å². The number of fused-ring (bicyclic) bond motifs is 3. The Kier molecular flexibility index (Phi) is 5.71. The molecule has 2 amide bonds. The van der Waals surface area contributed by atoms with Crippen molar-refractivity contribution < 1.29 is 27.2 Å². The molecule has 10 heteroatoms. The number of aromatic amines is 1. The number of piperazine rings is 1. The number of nitrogens with two attached hydrogens (primary N) is 1. The molecule has 36 heavy (non-hydrogen) atoms. The van der Waals surface area contributed by atoms with Gasteiger partial charge in [-0.1, -0.05) is 12.1 Å². The number of likely N-dealkylation sites (N-methyl/N-ethyl adjacent to an activating group) is 1. The lowest BCUT2D eigenvalue weighted by atomic mass is 9.95. The molecule has 0 aliphatic carbocycles. The van der Waals surface area contributed by atoms with E-state index >= 15 is 0 Å². The van der Waals surface area contributed by atoms with E-state index in [0.29, 0.717) is 41.0 Å². The molecule has 0 radical (unpaired) electrons. The van der Waals surface area contributed by atoms with Crippen molar-refractivity contribution in [1.82, 2.24) is 14.8 Å². The summed E-state index contributed by atoms with van der Waals surface area (Å²) >= 11 is 0. The number of amides is 2. The number of hydrogen-bond acceptors (Lipinski definition) is 3. The topological polar surface area (TPSA) is 82.4 Å². The van der Waals surface area contributed by atoms with E-state index in [1.165, 1.54) is 12.1 Å². The molecule has 0 bridgehead atoms. The number of carbonyl (C=O) groups excluding carboxylic acids is 2. The lowest BCUT2D eigenvalue weighted by Gasteiger charge is -2.32. The first-order valence-corrected chi connectivity index (χ1v) is 11.3. The summed E-state index contributed by atoms with van der Waals surface area (Å²) in [4.78, 5) is 32.1. The van der Waals surface area contributed by atoms with E-state index in [9.17, 15) is 27.2 Å². The Morgan fingerprint density at radius 1 is 0.944 bits per heavy atom. The molecule has 1 aliphatic heterocycles. The summed E-state index contributed by atoms with van der Waals surface area (Å²) in [6, 6.07) is 9.85. The van der Waals surface area contributed by atoms with Crippen LogP contribution in [0, 0.1) is 5.82 Å². The minimum atomic E-state index is -4.66. The van der Waals surface area contributed by atoms with Crippen LogP contribution in [0.3, 0.4) is 0 Å². The molecule has 3 N–H and O–H groups in total. The van der Waals surface area contributed by atoms with Gasteiger partial charge in [-0.3, -0.25) is 9.59 Å². The van der Waals surface area contributed by atoms with Gasteiger partial charge in [-0.2, -0.15) is 13.2 Å². The van der Waals surface area contributed by atoms with Gasteiger partial charge in [0.25, 0.3) is 11.8 Å². The smallest absolute Gasteiger partial charge is 0.366 e. The Balaban J connectivity index is 1.69. The number of halogens is 4. The lowest BCUT2D eigenvalue weighted by molar-refractivity contribution is -0.137. The average molecular weight is 498 g/mol. The summed E-state index contributed by atoms with van der Waals surface area (Å²) in [5.41, 5.74) is 5.72. The first-order chi connectivity index (χ1) is 17.0. The van der Waals surface area contributed by atoms with Gasteiger partial charge in [-0.25, -0.2) is 4.39 Å². The predicted molar refractivity (Wildman–Crippen MR) is 128 cm³/mol. The molecule has 0 unspecified atom stereocenters. The van der Waals surface area contributed by atoms with Crippen molar-refractivity contribution in [2.75, 3.05) is 33.2 Å². The second-order valence-electron chi connectivity index (χ2n) is 8.95. The molecular formula is C26H22F4N4O2. The van der Waals surface area contributed by atoms with Crippen LogP contribution in [0.25, 0.3) is 32.9 Å². The van der Waals surface area contributed by atoms with E-state index in [2.05, 4.69) is 9.88 Å². The Hall–Kier alpha value is -3.92. The number of nitrogens with one attached hydrogen (secondary N) is 1. The molecule has 186 valence electrons. The number of nitrogens with zero attached hydrogens (tertiary/aromatic N) is 2. The van der Waals surface area contributed by atoms with Crippen molar-refractivity contribution in [1.29, 1.82) is 0 Å². The first-order valence-electron chi connectivity index (χ1n) is 11.3. The highest BCUT2D eigenvalue weighted by Crippen LogP contribution is 2.40. The minimum absolute atomic E-state index is 0.101. The zero-order valence-corrected chi connectivity index (χ0v) is 19.2. The summed E-state index contributed by atoms with van der Waals surface area (Å²) < 4.78 is 54.9. The number of primary amides is 1. The number of benzene rings is 3. The third kappa shape index (κ3) is 4.07. The third-order valence-corrected chi connectivity index (χ3v) is 6.64. The van der Waals surface area contributed by atoms with Gasteiger partial charge >= 0.3 is 6.18 Å². The van der Waals surface area contributed by atoms with Gasteiger partial charge in [0.2, 0.25) is 0 Å². The van der Waals surface area contributed by atoms with E-state index < -0.39 is 23.5 Å². The maximum Gasteiger partial charge on any atom is 0.416 e. The standard InChI is InChI=1S/C26H22F4N4O2/c1-33-8-10-34(11-9-33)25(36)14-2-4-17-21(12-14)32-23-18(24(31)35)6-5-16(22(17)23)19-13-15(26(28,29)30)3-7-20(19)27/h2-7,12-13,32H,8-11H2,1H3,(H2,31,35). The summed E-state index contributed by atoms with van der Waals surface area (Å²) in [7, 11) is 1.99. The molecule has 1 saturated heterocycles. The lowest BCUT2D eigenvalue weighted by Crippen LogP contribution is -2.47. The van der Waals surface area contributed by atoms with Gasteiger partial charge in [0.15, 0.2) is 0 Å². The summed E-state index contributed by atoms with van der Waals surface area (Å²) in [6.07, 6.45) is -4.66. The molecule has 0 atom stereocenters. The van der Waals surface area contributed by atoms with Crippen LogP contribution < -0.4 is 5.73 Å². The summed E-state index contributed by atoms with van der Waals surface area (Å²) in [5.74, 6) is -1.74. The van der Waals surface area contributed by atoms with Gasteiger partial charge in [-0.15, -0.1) is 0 Å². The van der Waals surface area contributed by atoms with Crippen molar-refractivity contribution >= 4 is 33.6 Å². The SMILES string of the molecule is CN1CCN(C(=O)c2ccc3c(c2)[nH]c2c(C(N)=O)ccc(-c4cc(C(F)(F)F)ccc4F)c23)CC1. The number of rotatable bonds is 3. The van der Waals surface area contributed by atoms with Gasteiger partial charge in [0.05, 0.1) is 16.6 Å². The highest BCUT2D eigenvalue weighted by atomic mass is 19.4. The molecule has 0 saturated carbocycles. The van der Waals surface area contributed by atoms with Crippen molar-refractivity contribution in [2.45, 2.75) is 6.18 Å². The van der Waals surface area contributed by atoms with Crippen molar-refractivity contribution in [3.8, 4) is 11.1 Å². The maximum absolute atomic E-state index is 14.8. The molecule has 3 aromatic carbocycles. The van der Waals surface area contributed by atoms with Gasteiger partial charge in [-0.05, 0) is 49.0 Å². The van der Waals surface area contributed by atoms with Crippen molar-refractivity contribution in [3.63, 3.8) is 0 Å². The van der Waals surface area contributed by atoms with E-state index in [1.807, 2.05) is 7.05 Å². The Bertz CT molecular complexity index is 1520. The van der Waals surface area contributed by atoms with Gasteiger partial charge in [0.1, 0.15) is 5.82 Å². The third-order valence-electron chi connectivity index (χ3n) is 6.64. The molecule has 0 spiro atoms. The van der Waals surface area contributed by atoms with Crippen LogP contribution in [0.15, 0.2) is 48.5 Å². The number of H-pyrrole nitrogens is 1. The quantitative estimate of drug-likeness (QED) is 0.404. The molecule has 4 aromatic rings. The van der Waals surface area contributed by atoms with Gasteiger partial charge < -0.3 is 20.5 Å². The minimum Gasteiger partial charge on any atom is -0.366 e. The Morgan fingerprint density at radius 3 is 2.33 bits per heavy atom. The second kappa shape index (κ2) is 8.63. The fraction of sp³-hybridized carbons (Fsp3) is 0.231. The van der Waals surface area contributed by atoms with Crippen molar-refractivity contribution in [2.24, 2.45) is 5.73 Å². The Morgan fingerprint density at radius 2 is 1.67 bits per heavy atom. The van der Waals surface area contributed by atoms with Crippen LogP contribution in [0.1, 0.15) is 26.3 Å². The van der Waals surface area contributed by atoms with Crippen molar-refractivity contribution in [3.05, 3.63) is 71.0 Å². The molecule has 1 aromatic heterocycles. The fourth-order valence-corrected chi connectivity index (χ4v) is 4.68. The highest BCUT2D eigenvalue weighted by molar-refractivity contribution is 6.20. The van der Waals surface area contributed by atoms with Crippen LogP contribution in [0.5, 0.6) is 0 Å². The Labute approximate surface area is 203 Å². The fourth-order valence-electron chi connectivity index (χ4n) is 4.68. The zero-order chi connectivity index (χ0) is 25.8. The molecule has 2 heterocycles. The zero-order valence-electron chi connectivity index (χ0n) is 19.2. The normalized spacial score (nSPS) is 15.1. The number of hydrogen-bond donors (Lipinski definition) is 2. The van der Waals surface area contributed by atoms with Crippen LogP contribution in [0.2, 0.25) is 0 Å². The average Bonchev–Trinajstić information content (AvgIpc) is 3.22. The van der Waals surface area contributed by atoms with Crippen LogP contribution in [0.4, 0.5) is 17.6 Å². The van der Waals surface area contributed by atoms with E-state index in [4.69, 9.17) is 5.73 Å². The molecule has 5 rings (SSSR count). The molecule has 6 nitrogen and oxygen atoms in total. The largest absolute Gasteiger partial charge is 0.416 e. The monoisotopic (exact) mass is 498 g/mol. The maximum atomic E-state index is 14.8. The molecule has 1 aliphatic rings. The number of aromatic nitrogens is 1. The van der Waals surface area contributed by atoms with Crippen LogP contribution >= 0.6 is 0 Å². The van der Waals surface area contributed by atoms with E-state index in [-0.39, 0.29) is 28.1 Å². The second-order valence-corrected chi connectivity index (χ2v) is 8.95. The first kappa shape index (κ1) is 23.8. The van der Waals surface area contributed by atoms with E-state index in [1.54, 1.807) is 23.1 Å². The van der Waals surface area contributed by atoms with E-state index in [0.717, 1.165) is 25.2 Å². The molecular weight excluding hydrogens is 476 g/mol. The van der Waals surface area contributed by atoms with Gasteiger partial charge in [0, 0.05) is 53.6 Å². The number of carbonyl (C=O) groups is 2. The van der Waals surface area contributed by atoms with Crippen LogP contribution in [-0.4, -0.2) is 59.8 Å². The molecule has 1 fully saturated rings. The summed E-state index contributed by atoms with van der Waals surface area (Å²) in [6.45, 7) is 2.69. The predicted octanol–water partition coefficient (Wildman–Crippen LogP) is 4.63. The summed E-state index contributed by atoms with van der Waals surface area (Å²) in [5, 5.41) is 0.868.